The number of anilines is 1. The molecular weight excluding hydrogens is 299 g/mol. The number of hydrogen-bond acceptors (Lipinski definition) is 3. The summed E-state index contributed by atoms with van der Waals surface area (Å²) in [6.45, 7) is 2.85. The van der Waals surface area contributed by atoms with E-state index in [9.17, 15) is 23.1 Å². The van der Waals surface area contributed by atoms with Crippen LogP contribution in [0.25, 0.3) is 0 Å². The predicted molar refractivity (Wildman–Crippen MR) is 74.6 cm³/mol. The zero-order chi connectivity index (χ0) is 16.5. The van der Waals surface area contributed by atoms with Crippen LogP contribution in [0.2, 0.25) is 0 Å². The van der Waals surface area contributed by atoms with Crippen molar-refractivity contribution in [2.24, 2.45) is 0 Å². The second-order valence-corrected chi connectivity index (χ2v) is 5.20. The minimum Gasteiger partial charge on any atom is -0.449 e. The first-order valence-corrected chi connectivity index (χ1v) is 7.09. The van der Waals surface area contributed by atoms with Crippen LogP contribution in [0.15, 0.2) is 24.3 Å². The van der Waals surface area contributed by atoms with E-state index >= 15 is 0 Å². The standard InChI is InChI=1S/C15H18F3NO3/c1-3-14(15(16,17)18)9-12(20)10-7-5-6-8-11(10)19(14)13(21)22-4-2/h5-8,12,20H,3-4,9H2,1-2H3/t12-,14+/m0/s1. The average molecular weight is 317 g/mol. The number of hydrogen-bond donors (Lipinski definition) is 1. The van der Waals surface area contributed by atoms with Crippen LogP contribution in [-0.2, 0) is 4.74 Å². The lowest BCUT2D eigenvalue weighted by Gasteiger charge is -2.48. The van der Waals surface area contributed by atoms with Gasteiger partial charge in [-0.2, -0.15) is 13.2 Å². The number of carbonyl (C=O) groups excluding carboxylic acids is 1. The molecule has 0 saturated heterocycles. The normalized spacial score (nSPS) is 24.8. The van der Waals surface area contributed by atoms with E-state index in [-0.39, 0.29) is 18.7 Å². The molecule has 1 aromatic rings. The summed E-state index contributed by atoms with van der Waals surface area (Å²) in [4.78, 5) is 12.9. The van der Waals surface area contributed by atoms with E-state index in [0.717, 1.165) is 0 Å². The van der Waals surface area contributed by atoms with Gasteiger partial charge in [-0.15, -0.1) is 0 Å². The average Bonchev–Trinajstić information content (AvgIpc) is 2.46. The number of halogens is 3. The van der Waals surface area contributed by atoms with Crippen molar-refractivity contribution in [2.75, 3.05) is 11.5 Å². The number of aliphatic hydroxyl groups is 1. The van der Waals surface area contributed by atoms with Crippen LogP contribution in [0.5, 0.6) is 0 Å². The van der Waals surface area contributed by atoms with Gasteiger partial charge in [0.15, 0.2) is 0 Å². The summed E-state index contributed by atoms with van der Waals surface area (Å²) in [6.07, 6.45) is -8.02. The Morgan fingerprint density at radius 2 is 2.05 bits per heavy atom. The highest BCUT2D eigenvalue weighted by atomic mass is 19.4. The monoisotopic (exact) mass is 317 g/mol. The molecule has 1 heterocycles. The van der Waals surface area contributed by atoms with Gasteiger partial charge >= 0.3 is 12.3 Å². The molecule has 0 aromatic heterocycles. The topological polar surface area (TPSA) is 49.8 Å². The highest BCUT2D eigenvalue weighted by Gasteiger charge is 2.62. The van der Waals surface area contributed by atoms with E-state index in [0.29, 0.717) is 10.5 Å². The number of aliphatic hydroxyl groups excluding tert-OH is 1. The van der Waals surface area contributed by atoms with Gasteiger partial charge in [-0.3, -0.25) is 4.90 Å². The third kappa shape index (κ3) is 2.43. The molecule has 1 aliphatic rings. The first-order valence-electron chi connectivity index (χ1n) is 7.09. The maximum absolute atomic E-state index is 13.8. The third-order valence-electron chi connectivity index (χ3n) is 4.06. The van der Waals surface area contributed by atoms with Crippen molar-refractivity contribution in [3.63, 3.8) is 0 Å². The van der Waals surface area contributed by atoms with Gasteiger partial charge in [-0.25, -0.2) is 4.79 Å². The van der Waals surface area contributed by atoms with Gasteiger partial charge in [0.25, 0.3) is 0 Å². The molecule has 1 aliphatic heterocycles. The van der Waals surface area contributed by atoms with Crippen LogP contribution in [0.4, 0.5) is 23.7 Å². The molecule has 7 heteroatoms. The minimum absolute atomic E-state index is 0.0301. The van der Waals surface area contributed by atoms with Gasteiger partial charge in [0, 0.05) is 12.0 Å². The van der Waals surface area contributed by atoms with E-state index in [1.165, 1.54) is 32.0 Å². The summed E-state index contributed by atoms with van der Waals surface area (Å²) in [5.74, 6) is 0. The van der Waals surface area contributed by atoms with Crippen molar-refractivity contribution in [1.82, 2.24) is 0 Å². The lowest BCUT2D eigenvalue weighted by Crippen LogP contribution is -2.63. The number of para-hydroxylation sites is 1. The number of fused-ring (bicyclic) bond motifs is 1. The van der Waals surface area contributed by atoms with Crippen LogP contribution >= 0.6 is 0 Å². The summed E-state index contributed by atoms with van der Waals surface area (Å²) in [5, 5.41) is 10.1. The molecule has 0 saturated carbocycles. The number of rotatable bonds is 2. The zero-order valence-corrected chi connectivity index (χ0v) is 12.4. The Morgan fingerprint density at radius 3 is 2.59 bits per heavy atom. The van der Waals surface area contributed by atoms with Crippen molar-refractivity contribution < 1.29 is 27.8 Å². The zero-order valence-electron chi connectivity index (χ0n) is 12.4. The van der Waals surface area contributed by atoms with E-state index in [2.05, 4.69) is 0 Å². The van der Waals surface area contributed by atoms with Crippen LogP contribution in [-0.4, -0.2) is 29.5 Å². The molecule has 1 amide bonds. The van der Waals surface area contributed by atoms with E-state index in [4.69, 9.17) is 4.74 Å². The minimum atomic E-state index is -4.69. The molecule has 0 radical (unpaired) electrons. The Labute approximate surface area is 126 Å². The van der Waals surface area contributed by atoms with E-state index < -0.39 is 30.3 Å². The number of amides is 1. The first kappa shape index (κ1) is 16.6. The number of ether oxygens (including phenoxy) is 1. The van der Waals surface area contributed by atoms with Crippen molar-refractivity contribution >= 4 is 11.8 Å². The quantitative estimate of drug-likeness (QED) is 0.902. The van der Waals surface area contributed by atoms with Gasteiger partial charge in [-0.05, 0) is 19.4 Å². The number of alkyl halides is 3. The van der Waals surface area contributed by atoms with Crippen LogP contribution in [0.1, 0.15) is 38.4 Å². The number of benzene rings is 1. The van der Waals surface area contributed by atoms with Crippen molar-refractivity contribution in [1.29, 1.82) is 0 Å². The molecule has 22 heavy (non-hydrogen) atoms. The summed E-state index contributed by atoms with van der Waals surface area (Å²) in [7, 11) is 0. The molecule has 4 nitrogen and oxygen atoms in total. The van der Waals surface area contributed by atoms with Crippen LogP contribution < -0.4 is 4.90 Å². The molecular formula is C15H18F3NO3. The second kappa shape index (κ2) is 5.79. The summed E-state index contributed by atoms with van der Waals surface area (Å²) in [5.41, 5.74) is -2.14. The summed E-state index contributed by atoms with van der Waals surface area (Å²) in [6, 6.07) is 6.05. The van der Waals surface area contributed by atoms with Gasteiger partial charge in [0.05, 0.1) is 18.4 Å². The summed E-state index contributed by atoms with van der Waals surface area (Å²) >= 11 is 0. The SMILES string of the molecule is CCOC(=O)N1c2ccccc2[C@@H](O)C[C@]1(CC)C(F)(F)F. The fraction of sp³-hybridized carbons (Fsp3) is 0.533. The van der Waals surface area contributed by atoms with Crippen molar-refractivity contribution in [3.05, 3.63) is 29.8 Å². The molecule has 0 fully saturated rings. The van der Waals surface area contributed by atoms with Crippen LogP contribution in [0.3, 0.4) is 0 Å². The van der Waals surface area contributed by atoms with Gasteiger partial charge in [0.1, 0.15) is 5.54 Å². The highest BCUT2D eigenvalue weighted by molar-refractivity contribution is 5.91. The maximum atomic E-state index is 13.8. The molecule has 0 bridgehead atoms. The lowest BCUT2D eigenvalue weighted by atomic mass is 9.80. The van der Waals surface area contributed by atoms with E-state index in [1.807, 2.05) is 0 Å². The Morgan fingerprint density at radius 1 is 1.41 bits per heavy atom. The largest absolute Gasteiger partial charge is 0.449 e. The molecule has 1 N–H and O–H groups in total. The smallest absolute Gasteiger partial charge is 0.415 e. The number of nitrogens with zero attached hydrogens (tertiary/aromatic N) is 1. The van der Waals surface area contributed by atoms with Crippen molar-refractivity contribution in [3.8, 4) is 0 Å². The van der Waals surface area contributed by atoms with Gasteiger partial charge < -0.3 is 9.84 Å². The maximum Gasteiger partial charge on any atom is 0.415 e. The molecule has 2 atom stereocenters. The van der Waals surface area contributed by atoms with Crippen molar-refractivity contribution in [2.45, 2.75) is 44.5 Å². The van der Waals surface area contributed by atoms with E-state index in [1.54, 1.807) is 6.07 Å². The lowest BCUT2D eigenvalue weighted by molar-refractivity contribution is -0.196. The molecule has 122 valence electrons. The van der Waals surface area contributed by atoms with Gasteiger partial charge in [0.2, 0.25) is 0 Å². The fourth-order valence-electron chi connectivity index (χ4n) is 2.93. The molecule has 1 aromatic carbocycles. The Kier molecular flexibility index (Phi) is 4.37. The molecule has 0 spiro atoms. The Bertz CT molecular complexity index is 561. The second-order valence-electron chi connectivity index (χ2n) is 5.20. The molecule has 0 aliphatic carbocycles. The van der Waals surface area contributed by atoms with Gasteiger partial charge in [-0.1, -0.05) is 25.1 Å². The predicted octanol–water partition coefficient (Wildman–Crippen LogP) is 3.80. The van der Waals surface area contributed by atoms with Crippen LogP contribution in [0, 0.1) is 0 Å². The first-order chi connectivity index (χ1) is 10.3. The Hall–Kier alpha value is -1.76. The highest BCUT2D eigenvalue weighted by Crippen LogP contribution is 2.51. The number of carbonyl (C=O) groups is 1. The third-order valence-corrected chi connectivity index (χ3v) is 4.06. The molecule has 2 rings (SSSR count). The summed E-state index contributed by atoms with van der Waals surface area (Å²) < 4.78 is 46.1. The Balaban J connectivity index is 2.66. The fourth-order valence-corrected chi connectivity index (χ4v) is 2.93. The molecule has 0 unspecified atom stereocenters.